The van der Waals surface area contributed by atoms with Crippen molar-refractivity contribution in [3.05, 3.63) is 242 Å². The van der Waals surface area contributed by atoms with E-state index < -0.39 is 0 Å². The summed E-state index contributed by atoms with van der Waals surface area (Å²) in [6, 6.07) is 81.4. The predicted octanol–water partition coefficient (Wildman–Crippen LogP) is 18.9. The monoisotopic (exact) mass is 1080 g/mol. The average molecular weight is 1080 g/mol. The van der Waals surface area contributed by atoms with Gasteiger partial charge in [0, 0.05) is 60.3 Å². The van der Waals surface area contributed by atoms with E-state index in [1.54, 1.807) is 0 Å². The molecule has 398 valence electrons. The van der Waals surface area contributed by atoms with Crippen molar-refractivity contribution in [1.82, 2.24) is 29.9 Å². The van der Waals surface area contributed by atoms with Crippen molar-refractivity contribution in [1.29, 1.82) is 0 Å². The van der Waals surface area contributed by atoms with Crippen LogP contribution in [0.2, 0.25) is 0 Å². The van der Waals surface area contributed by atoms with Crippen LogP contribution in [0.4, 0.5) is 0 Å². The summed E-state index contributed by atoms with van der Waals surface area (Å²) >= 11 is 0. The van der Waals surface area contributed by atoms with Crippen LogP contribution in [0, 0.1) is 23.7 Å². The Balaban J connectivity index is 0.713. The Labute approximate surface area is 484 Å². The second-order valence-corrected chi connectivity index (χ2v) is 23.8. The summed E-state index contributed by atoms with van der Waals surface area (Å²) in [5.74, 6) is 6.64. The lowest BCUT2D eigenvalue weighted by Crippen LogP contribution is -2.55. The average Bonchev–Trinajstić information content (AvgIpc) is 1.98. The molecule has 0 unspecified atom stereocenters. The van der Waals surface area contributed by atoms with Crippen molar-refractivity contribution >= 4 is 43.9 Å². The van der Waals surface area contributed by atoms with E-state index in [-0.39, 0.29) is 5.41 Å². The Morgan fingerprint density at radius 2 is 0.583 bits per heavy atom. The minimum absolute atomic E-state index is 0.0527. The van der Waals surface area contributed by atoms with Gasteiger partial charge in [-0.05, 0) is 173 Å². The summed E-state index contributed by atoms with van der Waals surface area (Å²) in [6.07, 6.45) is 6.60. The van der Waals surface area contributed by atoms with E-state index in [9.17, 15) is 0 Å². The second-order valence-electron chi connectivity index (χ2n) is 23.8. The first-order valence-electron chi connectivity index (χ1n) is 29.5. The molecule has 0 saturated heterocycles. The van der Waals surface area contributed by atoms with Crippen LogP contribution < -0.4 is 0 Å². The first-order chi connectivity index (χ1) is 41.5. The molecule has 5 aliphatic rings. The Morgan fingerprint density at radius 1 is 0.262 bits per heavy atom. The van der Waals surface area contributed by atoms with Crippen LogP contribution >= 0.6 is 0 Å². The highest BCUT2D eigenvalue weighted by Crippen LogP contribution is 2.70. The van der Waals surface area contributed by atoms with Crippen LogP contribution in [-0.2, 0) is 5.41 Å². The van der Waals surface area contributed by atoms with Gasteiger partial charge >= 0.3 is 0 Å². The minimum Gasteiger partial charge on any atom is -0.456 e. The van der Waals surface area contributed by atoms with Crippen molar-refractivity contribution in [2.24, 2.45) is 23.7 Å². The van der Waals surface area contributed by atoms with Gasteiger partial charge in [-0.15, -0.1) is 0 Å². The maximum atomic E-state index is 6.72. The highest BCUT2D eigenvalue weighted by molar-refractivity contribution is 6.09. The number of hydrogen-bond acceptors (Lipinski definition) is 8. The van der Waals surface area contributed by atoms with Crippen molar-refractivity contribution in [3.63, 3.8) is 0 Å². The quantitative estimate of drug-likeness (QED) is 0.148. The summed E-state index contributed by atoms with van der Waals surface area (Å²) in [4.78, 5) is 30.1. The smallest absolute Gasteiger partial charge is 0.164 e. The fraction of sp³-hybridized carbons (Fsp3) is 0.132. The van der Waals surface area contributed by atoms with Gasteiger partial charge in [0.05, 0.1) is 0 Å². The molecule has 14 aromatic rings. The molecule has 5 aliphatic carbocycles. The number of hydrogen-bond donors (Lipinski definition) is 0. The molecule has 10 aromatic carbocycles. The molecule has 0 aliphatic heterocycles. The summed E-state index contributed by atoms with van der Waals surface area (Å²) in [7, 11) is 0. The van der Waals surface area contributed by atoms with E-state index in [2.05, 4.69) is 109 Å². The van der Waals surface area contributed by atoms with Crippen molar-refractivity contribution in [3.8, 4) is 102 Å². The van der Waals surface area contributed by atoms with Gasteiger partial charge in [0.1, 0.15) is 22.3 Å². The zero-order chi connectivity index (χ0) is 55.0. The zero-order valence-corrected chi connectivity index (χ0v) is 45.8. The fourth-order valence-electron chi connectivity index (χ4n) is 15.6. The number of furan rings is 2. The minimum atomic E-state index is -0.0527. The van der Waals surface area contributed by atoms with Crippen LogP contribution in [0.15, 0.2) is 239 Å². The molecular formula is C76H52N6O2. The SMILES string of the molecule is c1ccc(-c2nc(-c3ccccc3)nc(-c3ccc4oc5cc(-c6ccc7c(c6)C6(c8cc(-c9ccc%10oc%11ccc(-c%12nc(-c%13ccccc%13)nc(-c%13ccccc%13)n%12)cc%11c%10c9)ccc8-7)C7CC8CC(C7)CC6C8)ccc5c4c3)n2)cc1. The Morgan fingerprint density at radius 3 is 1.01 bits per heavy atom. The van der Waals surface area contributed by atoms with Gasteiger partial charge in [-0.3, -0.25) is 0 Å². The zero-order valence-electron chi connectivity index (χ0n) is 45.8. The molecule has 4 fully saturated rings. The van der Waals surface area contributed by atoms with E-state index in [1.165, 1.54) is 71.0 Å². The summed E-state index contributed by atoms with van der Waals surface area (Å²) in [6.45, 7) is 0. The third-order valence-corrected chi connectivity index (χ3v) is 19.2. The van der Waals surface area contributed by atoms with Gasteiger partial charge in [-0.25, -0.2) is 29.9 Å². The summed E-state index contributed by atoms with van der Waals surface area (Å²) < 4.78 is 13.3. The van der Waals surface area contributed by atoms with Crippen LogP contribution in [0.1, 0.15) is 43.2 Å². The fourth-order valence-corrected chi connectivity index (χ4v) is 15.6. The second kappa shape index (κ2) is 18.4. The van der Waals surface area contributed by atoms with E-state index in [0.717, 1.165) is 94.7 Å². The molecule has 4 saturated carbocycles. The van der Waals surface area contributed by atoms with Crippen LogP contribution in [-0.4, -0.2) is 29.9 Å². The molecular weight excluding hydrogens is 1030 g/mol. The lowest BCUT2D eigenvalue weighted by Gasteiger charge is -2.61. The first-order valence-corrected chi connectivity index (χ1v) is 29.5. The van der Waals surface area contributed by atoms with Gasteiger partial charge in [0.25, 0.3) is 0 Å². The molecule has 8 nitrogen and oxygen atoms in total. The molecule has 0 atom stereocenters. The highest BCUT2D eigenvalue weighted by Gasteiger charge is 2.61. The third kappa shape index (κ3) is 7.45. The van der Waals surface area contributed by atoms with Gasteiger partial charge in [0.15, 0.2) is 34.9 Å². The van der Waals surface area contributed by atoms with Gasteiger partial charge in [-0.2, -0.15) is 0 Å². The number of fused-ring (bicyclic) bond motifs is 9. The summed E-state index contributed by atoms with van der Waals surface area (Å²) in [5, 5.41) is 4.20. The van der Waals surface area contributed by atoms with Crippen LogP contribution in [0.3, 0.4) is 0 Å². The normalized spacial score (nSPS) is 19.2. The Bertz CT molecular complexity index is 4830. The first kappa shape index (κ1) is 47.5. The highest BCUT2D eigenvalue weighted by atomic mass is 16.3. The molecule has 84 heavy (non-hydrogen) atoms. The van der Waals surface area contributed by atoms with Gasteiger partial charge < -0.3 is 8.83 Å². The molecule has 1 spiro atoms. The van der Waals surface area contributed by atoms with E-state index in [4.69, 9.17) is 38.7 Å². The van der Waals surface area contributed by atoms with Crippen LogP contribution in [0.5, 0.6) is 0 Å². The predicted molar refractivity (Wildman–Crippen MR) is 335 cm³/mol. The number of nitrogens with zero attached hydrogens (tertiary/aromatic N) is 6. The van der Waals surface area contributed by atoms with E-state index in [0.29, 0.717) is 46.8 Å². The van der Waals surface area contributed by atoms with Crippen molar-refractivity contribution in [2.45, 2.75) is 37.5 Å². The van der Waals surface area contributed by atoms with Crippen molar-refractivity contribution < 1.29 is 8.83 Å². The maximum Gasteiger partial charge on any atom is 0.164 e. The lowest BCUT2D eigenvalue weighted by molar-refractivity contribution is -0.0399. The molecule has 4 bridgehead atoms. The number of aromatic nitrogens is 6. The Kier molecular flexibility index (Phi) is 10.4. The molecule has 0 amide bonds. The number of rotatable bonds is 8. The van der Waals surface area contributed by atoms with E-state index in [1.807, 2.05) is 121 Å². The molecule has 0 N–H and O–H groups in total. The van der Waals surface area contributed by atoms with Crippen molar-refractivity contribution in [2.75, 3.05) is 0 Å². The van der Waals surface area contributed by atoms with Gasteiger partial charge in [0.2, 0.25) is 0 Å². The number of benzene rings is 10. The summed E-state index contributed by atoms with van der Waals surface area (Å²) in [5.41, 5.74) is 19.5. The molecule has 19 rings (SSSR count). The van der Waals surface area contributed by atoms with Crippen LogP contribution in [0.25, 0.3) is 146 Å². The molecule has 0 radical (unpaired) electrons. The molecule has 8 heteroatoms. The molecule has 4 aromatic heterocycles. The third-order valence-electron chi connectivity index (χ3n) is 19.2. The molecule has 4 heterocycles. The maximum absolute atomic E-state index is 6.72. The van der Waals surface area contributed by atoms with Gasteiger partial charge in [-0.1, -0.05) is 158 Å². The van der Waals surface area contributed by atoms with E-state index >= 15 is 0 Å². The lowest BCUT2D eigenvalue weighted by atomic mass is 9.43. The topological polar surface area (TPSA) is 104 Å². The Hall–Kier alpha value is -10.2. The standard InChI is InChI=1S/C76H52N6O2/c1-5-13-46(14-6-1)70-77-71(47-15-7-2-8-16-47)80-74(79-70)54-25-31-66-61(39-54)60-29-23-53(43-69(60)84-66)52-22-28-59-58-27-21-51(41-64(58)76(65(59)42-52)56-34-44-33-45(36-56)37-57(76)35-44)50-24-30-67-62(38-50)63-40-55(26-32-68(63)83-67)75-81-72(48-17-9-3-10-18-48)78-73(82-75)49-19-11-4-12-20-49/h1-32,38-45,56-57H,33-37H2. The largest absolute Gasteiger partial charge is 0.456 e.